The van der Waals surface area contributed by atoms with Gasteiger partial charge >= 0.3 is 5.97 Å². The smallest absolute Gasteiger partial charge is 0.328 e. The number of carboxylic acids is 1. The summed E-state index contributed by atoms with van der Waals surface area (Å²) in [6, 6.07) is 3.42. The highest BCUT2D eigenvalue weighted by Gasteiger charge is 2.06. The van der Waals surface area contributed by atoms with Crippen LogP contribution in [0.25, 0.3) is 0 Å². The number of carboxylic acid groups (broad SMARTS) is 1. The second-order valence-corrected chi connectivity index (χ2v) is 3.07. The zero-order valence-corrected chi connectivity index (χ0v) is 8.16. The monoisotopic (exact) mass is 228 g/mol. The summed E-state index contributed by atoms with van der Waals surface area (Å²) in [5.41, 5.74) is 0.138. The normalized spacial score (nSPS) is 10.5. The van der Waals surface area contributed by atoms with Gasteiger partial charge in [-0.05, 0) is 24.3 Å². The zero-order chi connectivity index (χ0) is 11.4. The summed E-state index contributed by atoms with van der Waals surface area (Å²) in [4.78, 5) is 21.4. The van der Waals surface area contributed by atoms with E-state index in [-0.39, 0.29) is 10.6 Å². The summed E-state index contributed by atoms with van der Waals surface area (Å²) < 4.78 is 12.7. The number of carbonyl (C=O) groups is 2. The summed E-state index contributed by atoms with van der Waals surface area (Å²) in [5, 5.41) is 8.11. The Morgan fingerprint density at radius 2 is 2.00 bits per heavy atom. The highest BCUT2D eigenvalue weighted by atomic mass is 35.5. The van der Waals surface area contributed by atoms with Crippen molar-refractivity contribution in [3.8, 4) is 0 Å². The molecule has 0 aromatic heterocycles. The fourth-order valence-electron chi connectivity index (χ4n) is 0.893. The molecule has 0 unspecified atom stereocenters. The highest BCUT2D eigenvalue weighted by molar-refractivity contribution is 6.31. The second kappa shape index (κ2) is 4.70. The molecule has 0 heterocycles. The lowest BCUT2D eigenvalue weighted by atomic mass is 10.1. The molecule has 3 nitrogen and oxygen atoms in total. The Labute approximate surface area is 89.8 Å². The standard InChI is InChI=1S/C10H6ClFO3/c11-7-5-6(1-2-8(7)12)9(13)3-4-10(14)15/h1-5H,(H,14,15). The fraction of sp³-hybridized carbons (Fsp3) is 0. The lowest BCUT2D eigenvalue weighted by Gasteiger charge is -1.97. The van der Waals surface area contributed by atoms with Crippen LogP contribution in [0.1, 0.15) is 10.4 Å². The molecule has 0 saturated heterocycles. The van der Waals surface area contributed by atoms with Crippen molar-refractivity contribution in [1.29, 1.82) is 0 Å². The predicted octanol–water partition coefficient (Wildman–Crippen LogP) is 2.30. The first kappa shape index (κ1) is 11.4. The molecule has 0 spiro atoms. The average Bonchev–Trinajstić information content (AvgIpc) is 2.18. The van der Waals surface area contributed by atoms with Gasteiger partial charge in [0.2, 0.25) is 0 Å². The summed E-state index contributed by atoms with van der Waals surface area (Å²) in [7, 11) is 0. The van der Waals surface area contributed by atoms with Crippen LogP contribution in [0.3, 0.4) is 0 Å². The second-order valence-electron chi connectivity index (χ2n) is 2.66. The van der Waals surface area contributed by atoms with E-state index < -0.39 is 17.6 Å². The minimum absolute atomic E-state index is 0.138. The maximum Gasteiger partial charge on any atom is 0.328 e. The van der Waals surface area contributed by atoms with Gasteiger partial charge in [0.05, 0.1) is 5.02 Å². The number of allylic oxidation sites excluding steroid dienone is 1. The van der Waals surface area contributed by atoms with Crippen molar-refractivity contribution in [2.45, 2.75) is 0 Å². The number of benzene rings is 1. The van der Waals surface area contributed by atoms with Crippen LogP contribution in [0.2, 0.25) is 5.02 Å². The predicted molar refractivity (Wildman–Crippen MR) is 52.5 cm³/mol. The van der Waals surface area contributed by atoms with E-state index in [2.05, 4.69) is 0 Å². The van der Waals surface area contributed by atoms with Gasteiger partial charge in [0.1, 0.15) is 5.82 Å². The van der Waals surface area contributed by atoms with Crippen LogP contribution in [0, 0.1) is 5.82 Å². The van der Waals surface area contributed by atoms with Gasteiger partial charge in [0.25, 0.3) is 0 Å². The van der Waals surface area contributed by atoms with Crippen molar-refractivity contribution >= 4 is 23.4 Å². The Balaban J connectivity index is 2.92. The molecule has 78 valence electrons. The molecule has 0 aliphatic rings. The van der Waals surface area contributed by atoms with Gasteiger partial charge in [-0.2, -0.15) is 0 Å². The topological polar surface area (TPSA) is 54.4 Å². The molecule has 5 heteroatoms. The van der Waals surface area contributed by atoms with E-state index >= 15 is 0 Å². The number of aliphatic carboxylic acids is 1. The van der Waals surface area contributed by atoms with Crippen LogP contribution in [0.15, 0.2) is 30.4 Å². The van der Waals surface area contributed by atoms with E-state index in [9.17, 15) is 14.0 Å². The van der Waals surface area contributed by atoms with Crippen molar-refractivity contribution in [3.63, 3.8) is 0 Å². The molecule has 15 heavy (non-hydrogen) atoms. The zero-order valence-electron chi connectivity index (χ0n) is 7.41. The van der Waals surface area contributed by atoms with Crippen molar-refractivity contribution < 1.29 is 19.1 Å². The summed E-state index contributed by atoms with van der Waals surface area (Å²) in [5.74, 6) is -2.40. The number of rotatable bonds is 3. The molecule has 0 bridgehead atoms. The Kier molecular flexibility index (Phi) is 3.57. The molecule has 1 aromatic carbocycles. The lowest BCUT2D eigenvalue weighted by Crippen LogP contribution is -1.97. The van der Waals surface area contributed by atoms with E-state index in [4.69, 9.17) is 16.7 Å². The van der Waals surface area contributed by atoms with E-state index in [0.29, 0.717) is 6.08 Å². The SMILES string of the molecule is O=C(O)C=CC(=O)c1ccc(F)c(Cl)c1. The molecule has 0 atom stereocenters. The van der Waals surface area contributed by atoms with E-state index in [1.165, 1.54) is 6.07 Å². The third-order valence-electron chi connectivity index (χ3n) is 1.58. The molecule has 1 rings (SSSR count). The van der Waals surface area contributed by atoms with Crippen molar-refractivity contribution in [2.24, 2.45) is 0 Å². The fourth-order valence-corrected chi connectivity index (χ4v) is 1.07. The Bertz CT molecular complexity index is 440. The third kappa shape index (κ3) is 3.18. The number of ketones is 1. The lowest BCUT2D eigenvalue weighted by molar-refractivity contribution is -0.131. The Morgan fingerprint density at radius 3 is 2.53 bits per heavy atom. The van der Waals surface area contributed by atoms with Crippen LogP contribution in [-0.4, -0.2) is 16.9 Å². The molecule has 0 saturated carbocycles. The van der Waals surface area contributed by atoms with Gasteiger partial charge in [-0.25, -0.2) is 9.18 Å². The molecule has 1 aromatic rings. The molecule has 0 fully saturated rings. The Morgan fingerprint density at radius 1 is 1.33 bits per heavy atom. The minimum atomic E-state index is -1.23. The molecular formula is C10H6ClFO3. The first-order valence-electron chi connectivity index (χ1n) is 3.91. The summed E-state index contributed by atoms with van der Waals surface area (Å²) in [6.07, 6.45) is 1.59. The van der Waals surface area contributed by atoms with Gasteiger partial charge in [-0.1, -0.05) is 11.6 Å². The first-order valence-corrected chi connectivity index (χ1v) is 4.29. The van der Waals surface area contributed by atoms with Gasteiger partial charge in [-0.3, -0.25) is 4.79 Å². The number of halogens is 2. The largest absolute Gasteiger partial charge is 0.478 e. The number of hydrogen-bond acceptors (Lipinski definition) is 2. The summed E-state index contributed by atoms with van der Waals surface area (Å²) in [6.45, 7) is 0. The molecule has 0 radical (unpaired) electrons. The average molecular weight is 229 g/mol. The van der Waals surface area contributed by atoms with E-state index in [1.807, 2.05) is 0 Å². The van der Waals surface area contributed by atoms with Crippen LogP contribution in [0.5, 0.6) is 0 Å². The van der Waals surface area contributed by atoms with Gasteiger partial charge in [0, 0.05) is 11.6 Å². The van der Waals surface area contributed by atoms with Crippen LogP contribution in [-0.2, 0) is 4.79 Å². The quantitative estimate of drug-likeness (QED) is 0.638. The van der Waals surface area contributed by atoms with E-state index in [1.54, 1.807) is 0 Å². The highest BCUT2D eigenvalue weighted by Crippen LogP contribution is 2.16. The van der Waals surface area contributed by atoms with Crippen molar-refractivity contribution in [2.75, 3.05) is 0 Å². The third-order valence-corrected chi connectivity index (χ3v) is 1.87. The first-order chi connectivity index (χ1) is 7.00. The number of hydrogen-bond donors (Lipinski definition) is 1. The van der Waals surface area contributed by atoms with Crippen LogP contribution in [0.4, 0.5) is 4.39 Å². The van der Waals surface area contributed by atoms with Gasteiger partial charge in [0.15, 0.2) is 5.78 Å². The van der Waals surface area contributed by atoms with Crippen LogP contribution >= 0.6 is 11.6 Å². The molecule has 0 aliphatic heterocycles. The van der Waals surface area contributed by atoms with Gasteiger partial charge in [-0.15, -0.1) is 0 Å². The molecule has 0 aliphatic carbocycles. The molecule has 0 amide bonds. The minimum Gasteiger partial charge on any atom is -0.478 e. The van der Waals surface area contributed by atoms with Crippen molar-refractivity contribution in [1.82, 2.24) is 0 Å². The summed E-state index contributed by atoms with van der Waals surface area (Å²) >= 11 is 5.45. The maximum absolute atomic E-state index is 12.7. The molecular weight excluding hydrogens is 223 g/mol. The van der Waals surface area contributed by atoms with E-state index in [0.717, 1.165) is 18.2 Å². The van der Waals surface area contributed by atoms with Gasteiger partial charge < -0.3 is 5.11 Å². The number of carbonyl (C=O) groups excluding carboxylic acids is 1. The Hall–Kier alpha value is -1.68. The molecule has 1 N–H and O–H groups in total. The van der Waals surface area contributed by atoms with Crippen LogP contribution < -0.4 is 0 Å². The van der Waals surface area contributed by atoms with Crippen molar-refractivity contribution in [3.05, 3.63) is 46.8 Å². The maximum atomic E-state index is 12.7.